The molecule has 1 N–H and O–H groups in total. The van der Waals surface area contributed by atoms with Gasteiger partial charge in [0.05, 0.1) is 0 Å². The van der Waals surface area contributed by atoms with Crippen LogP contribution < -0.4 is 5.32 Å². The molecular weight excluding hydrogens is 354 g/mol. The van der Waals surface area contributed by atoms with Crippen molar-refractivity contribution in [2.75, 3.05) is 6.54 Å². The molecular formula is C27H35NO. The van der Waals surface area contributed by atoms with Crippen LogP contribution in [-0.4, -0.2) is 12.5 Å². The molecule has 0 unspecified atom stereocenters. The van der Waals surface area contributed by atoms with E-state index in [4.69, 9.17) is 0 Å². The molecule has 2 aromatic carbocycles. The van der Waals surface area contributed by atoms with Crippen LogP contribution in [0.25, 0.3) is 0 Å². The monoisotopic (exact) mass is 389 g/mol. The molecule has 154 valence electrons. The van der Waals surface area contributed by atoms with Gasteiger partial charge in [0.2, 0.25) is 5.91 Å². The number of rotatable bonds is 6. The van der Waals surface area contributed by atoms with Gasteiger partial charge in [-0.1, -0.05) is 80.6 Å². The lowest BCUT2D eigenvalue weighted by atomic mass is 9.79. The van der Waals surface area contributed by atoms with Crippen LogP contribution >= 0.6 is 0 Å². The quantitative estimate of drug-likeness (QED) is 0.669. The van der Waals surface area contributed by atoms with Crippen molar-refractivity contribution in [3.05, 3.63) is 70.3 Å². The largest absolute Gasteiger partial charge is 0.355 e. The Balaban J connectivity index is 1.54. The minimum atomic E-state index is 0.0701. The molecule has 1 saturated heterocycles. The van der Waals surface area contributed by atoms with Crippen molar-refractivity contribution in [2.45, 2.75) is 71.1 Å². The van der Waals surface area contributed by atoms with Gasteiger partial charge in [0.25, 0.3) is 0 Å². The van der Waals surface area contributed by atoms with E-state index in [0.717, 1.165) is 31.7 Å². The van der Waals surface area contributed by atoms with Crippen LogP contribution in [0, 0.1) is 18.8 Å². The molecule has 2 fully saturated rings. The second-order valence-electron chi connectivity index (χ2n) is 9.31. The summed E-state index contributed by atoms with van der Waals surface area (Å²) in [6.07, 6.45) is 9.67. The van der Waals surface area contributed by atoms with Gasteiger partial charge in [0.1, 0.15) is 0 Å². The van der Waals surface area contributed by atoms with Gasteiger partial charge in [-0.05, 0) is 60.8 Å². The molecule has 2 aliphatic rings. The number of benzene rings is 2. The highest BCUT2D eigenvalue weighted by Crippen LogP contribution is 2.35. The number of amides is 1. The summed E-state index contributed by atoms with van der Waals surface area (Å²) in [6, 6.07) is 15.7. The van der Waals surface area contributed by atoms with Crippen molar-refractivity contribution >= 4 is 5.91 Å². The molecule has 0 spiro atoms. The van der Waals surface area contributed by atoms with Crippen molar-refractivity contribution in [3.63, 3.8) is 0 Å². The molecule has 0 radical (unpaired) electrons. The smallest absolute Gasteiger partial charge is 0.223 e. The summed E-state index contributed by atoms with van der Waals surface area (Å²) >= 11 is 0. The number of hydrogen-bond donors (Lipinski definition) is 1. The average molecular weight is 390 g/mol. The lowest BCUT2D eigenvalue weighted by molar-refractivity contribution is -0.126. The van der Waals surface area contributed by atoms with E-state index in [9.17, 15) is 4.79 Å². The lowest BCUT2D eigenvalue weighted by Gasteiger charge is -2.31. The third-order valence-corrected chi connectivity index (χ3v) is 7.07. The molecule has 2 aromatic rings. The normalized spacial score (nSPS) is 22.6. The maximum Gasteiger partial charge on any atom is 0.223 e. The third-order valence-electron chi connectivity index (χ3n) is 7.07. The van der Waals surface area contributed by atoms with E-state index in [1.807, 2.05) is 0 Å². The summed E-state index contributed by atoms with van der Waals surface area (Å²) < 4.78 is 0. The summed E-state index contributed by atoms with van der Waals surface area (Å²) in [4.78, 5) is 12.6. The fraction of sp³-hybridized carbons (Fsp3) is 0.519. The van der Waals surface area contributed by atoms with Crippen LogP contribution in [0.1, 0.15) is 72.8 Å². The molecule has 1 saturated carbocycles. The molecule has 29 heavy (non-hydrogen) atoms. The third kappa shape index (κ3) is 4.91. The van der Waals surface area contributed by atoms with Gasteiger partial charge in [-0.3, -0.25) is 4.79 Å². The lowest BCUT2D eigenvalue weighted by Crippen LogP contribution is -2.41. The molecule has 4 rings (SSSR count). The highest BCUT2D eigenvalue weighted by Gasteiger charge is 2.31. The molecule has 2 nitrogen and oxygen atoms in total. The summed E-state index contributed by atoms with van der Waals surface area (Å²) in [5.74, 6) is 1.58. The highest BCUT2D eigenvalue weighted by molar-refractivity contribution is 5.80. The van der Waals surface area contributed by atoms with Gasteiger partial charge in [-0.2, -0.15) is 0 Å². The Morgan fingerprint density at radius 1 is 1.00 bits per heavy atom. The number of carbonyl (C=O) groups excluding carboxylic acids is 1. The van der Waals surface area contributed by atoms with Crippen LogP contribution in [0.5, 0.6) is 0 Å². The first-order chi connectivity index (χ1) is 14.1. The first kappa shape index (κ1) is 20.2. The van der Waals surface area contributed by atoms with Gasteiger partial charge >= 0.3 is 0 Å². The van der Waals surface area contributed by atoms with Crippen LogP contribution in [-0.2, 0) is 24.1 Å². The number of piperidine rings is 1. The van der Waals surface area contributed by atoms with Gasteiger partial charge in [0.15, 0.2) is 0 Å². The summed E-state index contributed by atoms with van der Waals surface area (Å²) in [6.45, 7) is 5.15. The molecule has 1 heterocycles. The highest BCUT2D eigenvalue weighted by atomic mass is 16.1. The van der Waals surface area contributed by atoms with E-state index in [1.165, 1.54) is 54.4 Å². The maximum absolute atomic E-state index is 12.6. The number of hydrogen-bond acceptors (Lipinski definition) is 1. The molecule has 0 bridgehead atoms. The molecule has 1 amide bonds. The minimum Gasteiger partial charge on any atom is -0.355 e. The number of aryl methyl sites for hydroxylation is 2. The van der Waals surface area contributed by atoms with Crippen molar-refractivity contribution in [1.82, 2.24) is 5.32 Å². The summed E-state index contributed by atoms with van der Waals surface area (Å²) in [5.41, 5.74) is 7.02. The Bertz CT molecular complexity index is 849. The Morgan fingerprint density at radius 3 is 2.59 bits per heavy atom. The molecule has 1 aliphatic carbocycles. The van der Waals surface area contributed by atoms with Crippen molar-refractivity contribution in [1.29, 1.82) is 0 Å². The first-order valence-electron chi connectivity index (χ1n) is 11.6. The van der Waals surface area contributed by atoms with Crippen LogP contribution in [0.2, 0.25) is 0 Å². The molecule has 1 aliphatic heterocycles. The van der Waals surface area contributed by atoms with Crippen LogP contribution in [0.3, 0.4) is 0 Å². The number of carbonyl (C=O) groups is 1. The van der Waals surface area contributed by atoms with Crippen LogP contribution in [0.15, 0.2) is 42.5 Å². The fourth-order valence-electron chi connectivity index (χ4n) is 5.42. The van der Waals surface area contributed by atoms with E-state index in [0.29, 0.717) is 5.92 Å². The topological polar surface area (TPSA) is 29.1 Å². The standard InChI is InChI=1S/C27H35NO/c1-3-20-11-12-26(23(14-20)15-21-8-4-5-9-21)25-17-24(27(29)28-18-25)16-22-10-6-7-19(2)13-22/h6-7,10-14,21,24-25H,3-5,8-9,15-18H2,1-2H3,(H,28,29)/t24-,25-/m1/s1. The predicted octanol–water partition coefficient (Wildman–Crippen LogP) is 5.75. The summed E-state index contributed by atoms with van der Waals surface area (Å²) in [5, 5.41) is 3.23. The summed E-state index contributed by atoms with van der Waals surface area (Å²) in [7, 11) is 0. The maximum atomic E-state index is 12.6. The van der Waals surface area contributed by atoms with Crippen molar-refractivity contribution in [2.24, 2.45) is 11.8 Å². The van der Waals surface area contributed by atoms with Gasteiger partial charge in [0, 0.05) is 18.4 Å². The fourth-order valence-corrected chi connectivity index (χ4v) is 5.42. The predicted molar refractivity (Wildman–Crippen MR) is 120 cm³/mol. The SMILES string of the molecule is CCc1ccc([C@H]2CNC(=O)[C@H](Cc3cccc(C)c3)C2)c(CC2CCCC2)c1. The first-order valence-corrected chi connectivity index (χ1v) is 11.6. The zero-order chi connectivity index (χ0) is 20.2. The van der Waals surface area contributed by atoms with E-state index >= 15 is 0 Å². The van der Waals surface area contributed by atoms with E-state index in [-0.39, 0.29) is 11.8 Å². The minimum absolute atomic E-state index is 0.0701. The van der Waals surface area contributed by atoms with Crippen molar-refractivity contribution < 1.29 is 4.79 Å². The average Bonchev–Trinajstić information content (AvgIpc) is 3.23. The van der Waals surface area contributed by atoms with Crippen LogP contribution in [0.4, 0.5) is 0 Å². The van der Waals surface area contributed by atoms with E-state index in [2.05, 4.69) is 61.6 Å². The second kappa shape index (κ2) is 9.15. The zero-order valence-corrected chi connectivity index (χ0v) is 18.0. The molecule has 2 heteroatoms. The Hall–Kier alpha value is -2.09. The van der Waals surface area contributed by atoms with E-state index < -0.39 is 0 Å². The Labute approximate surface area is 176 Å². The van der Waals surface area contributed by atoms with E-state index in [1.54, 1.807) is 5.56 Å². The number of nitrogens with one attached hydrogen (secondary N) is 1. The second-order valence-corrected chi connectivity index (χ2v) is 9.31. The Morgan fingerprint density at radius 2 is 1.83 bits per heavy atom. The van der Waals surface area contributed by atoms with Crippen molar-refractivity contribution in [3.8, 4) is 0 Å². The van der Waals surface area contributed by atoms with Gasteiger partial charge < -0.3 is 5.32 Å². The Kier molecular flexibility index (Phi) is 6.37. The molecule has 0 aromatic heterocycles. The molecule has 2 atom stereocenters. The van der Waals surface area contributed by atoms with Gasteiger partial charge in [-0.25, -0.2) is 0 Å². The van der Waals surface area contributed by atoms with Gasteiger partial charge in [-0.15, -0.1) is 0 Å². The zero-order valence-electron chi connectivity index (χ0n) is 18.0.